The molecule has 1 fully saturated rings. The number of ether oxygens (including phenoxy) is 2. The number of aromatic carboxylic acids is 1. The van der Waals surface area contributed by atoms with Gasteiger partial charge in [-0.3, -0.25) is 4.79 Å². The van der Waals surface area contributed by atoms with Gasteiger partial charge in [-0.05, 0) is 19.1 Å². The van der Waals surface area contributed by atoms with Gasteiger partial charge in [0, 0.05) is 17.8 Å². The van der Waals surface area contributed by atoms with E-state index in [-0.39, 0.29) is 29.9 Å². The van der Waals surface area contributed by atoms with E-state index in [4.69, 9.17) is 20.3 Å². The van der Waals surface area contributed by atoms with Crippen molar-refractivity contribution in [3.8, 4) is 5.75 Å². The van der Waals surface area contributed by atoms with Gasteiger partial charge in [0.2, 0.25) is 5.91 Å². The number of nitrogens with one attached hydrogen (secondary N) is 1. The summed E-state index contributed by atoms with van der Waals surface area (Å²) in [6.45, 7) is 2.33. The van der Waals surface area contributed by atoms with Gasteiger partial charge in [0.15, 0.2) is 0 Å². The molecule has 1 heterocycles. The van der Waals surface area contributed by atoms with Crippen molar-refractivity contribution >= 4 is 17.6 Å². The van der Waals surface area contributed by atoms with Crippen molar-refractivity contribution in [3.63, 3.8) is 0 Å². The zero-order valence-electron chi connectivity index (χ0n) is 11.9. The largest absolute Gasteiger partial charge is 0.496 e. The Balaban J connectivity index is 2.20. The molecule has 0 bridgehead atoms. The van der Waals surface area contributed by atoms with Crippen LogP contribution >= 0.6 is 0 Å². The summed E-state index contributed by atoms with van der Waals surface area (Å²) in [4.78, 5) is 23.4. The standard InChI is InChI=1S/C14H18N2O5/c1-14(7-21-6-11(14)15)13(19)16-8-3-4-9(12(17)18)10(5-8)20-2/h3-5,11H,6-7,15H2,1-2H3,(H,16,19)(H,17,18). The summed E-state index contributed by atoms with van der Waals surface area (Å²) in [6, 6.07) is 3.97. The second-order valence-electron chi connectivity index (χ2n) is 5.21. The van der Waals surface area contributed by atoms with Crippen LogP contribution < -0.4 is 15.8 Å². The zero-order chi connectivity index (χ0) is 15.6. The third-order valence-corrected chi connectivity index (χ3v) is 3.73. The number of carbonyl (C=O) groups is 2. The summed E-state index contributed by atoms with van der Waals surface area (Å²) in [7, 11) is 1.37. The number of benzene rings is 1. The highest BCUT2D eigenvalue weighted by molar-refractivity contribution is 5.97. The zero-order valence-corrected chi connectivity index (χ0v) is 11.9. The van der Waals surface area contributed by atoms with Crippen LogP contribution in [-0.4, -0.2) is 43.3 Å². The summed E-state index contributed by atoms with van der Waals surface area (Å²) >= 11 is 0. The number of nitrogens with two attached hydrogens (primary N) is 1. The normalized spacial score (nSPS) is 24.6. The third-order valence-electron chi connectivity index (χ3n) is 3.73. The lowest BCUT2D eigenvalue weighted by Crippen LogP contribution is -2.47. The smallest absolute Gasteiger partial charge is 0.339 e. The molecule has 21 heavy (non-hydrogen) atoms. The lowest BCUT2D eigenvalue weighted by Gasteiger charge is -2.25. The third kappa shape index (κ3) is 2.84. The average molecular weight is 294 g/mol. The maximum atomic E-state index is 12.3. The number of hydrogen-bond acceptors (Lipinski definition) is 5. The maximum absolute atomic E-state index is 12.3. The molecule has 0 spiro atoms. The molecule has 114 valence electrons. The van der Waals surface area contributed by atoms with Gasteiger partial charge >= 0.3 is 5.97 Å². The van der Waals surface area contributed by atoms with Crippen LogP contribution in [0.2, 0.25) is 0 Å². The van der Waals surface area contributed by atoms with E-state index in [1.807, 2.05) is 0 Å². The van der Waals surface area contributed by atoms with Gasteiger partial charge in [0.1, 0.15) is 11.3 Å². The average Bonchev–Trinajstić information content (AvgIpc) is 2.79. The first-order chi connectivity index (χ1) is 9.88. The number of rotatable bonds is 4. The van der Waals surface area contributed by atoms with Crippen molar-refractivity contribution in [1.29, 1.82) is 0 Å². The summed E-state index contributed by atoms with van der Waals surface area (Å²) in [5.74, 6) is -1.18. The lowest BCUT2D eigenvalue weighted by atomic mass is 9.85. The van der Waals surface area contributed by atoms with Gasteiger partial charge in [-0.2, -0.15) is 0 Å². The van der Waals surface area contributed by atoms with Crippen LogP contribution in [0, 0.1) is 5.41 Å². The molecule has 7 heteroatoms. The highest BCUT2D eigenvalue weighted by Crippen LogP contribution is 2.30. The van der Waals surface area contributed by atoms with Gasteiger partial charge in [0.05, 0.1) is 25.7 Å². The summed E-state index contributed by atoms with van der Waals surface area (Å²) in [5.41, 5.74) is 5.57. The van der Waals surface area contributed by atoms with E-state index >= 15 is 0 Å². The predicted octanol–water partition coefficient (Wildman–Crippen LogP) is 0.696. The number of anilines is 1. The van der Waals surface area contributed by atoms with E-state index < -0.39 is 11.4 Å². The monoisotopic (exact) mass is 294 g/mol. The topological polar surface area (TPSA) is 111 Å². The van der Waals surface area contributed by atoms with Crippen LogP contribution in [0.3, 0.4) is 0 Å². The fourth-order valence-electron chi connectivity index (χ4n) is 2.14. The Morgan fingerprint density at radius 1 is 1.52 bits per heavy atom. The highest BCUT2D eigenvalue weighted by Gasteiger charge is 2.44. The second kappa shape index (κ2) is 5.71. The predicted molar refractivity (Wildman–Crippen MR) is 75.5 cm³/mol. The molecular formula is C14H18N2O5. The Bertz CT molecular complexity index is 574. The fraction of sp³-hybridized carbons (Fsp3) is 0.429. The number of methoxy groups -OCH3 is 1. The molecule has 2 atom stereocenters. The molecule has 1 aromatic carbocycles. The Labute approximate surface area is 122 Å². The molecule has 0 aromatic heterocycles. The van der Waals surface area contributed by atoms with E-state index in [9.17, 15) is 9.59 Å². The summed E-state index contributed by atoms with van der Waals surface area (Å²) in [6.07, 6.45) is 0. The molecule has 1 aromatic rings. The Morgan fingerprint density at radius 3 is 2.76 bits per heavy atom. The molecule has 2 rings (SSSR count). The van der Waals surface area contributed by atoms with Crippen molar-refractivity contribution < 1.29 is 24.2 Å². The van der Waals surface area contributed by atoms with Crippen molar-refractivity contribution in [2.45, 2.75) is 13.0 Å². The van der Waals surface area contributed by atoms with Crippen LogP contribution in [0.5, 0.6) is 5.75 Å². The van der Waals surface area contributed by atoms with Gasteiger partial charge < -0.3 is 25.6 Å². The van der Waals surface area contributed by atoms with Crippen LogP contribution in [0.4, 0.5) is 5.69 Å². The van der Waals surface area contributed by atoms with Gasteiger partial charge in [-0.1, -0.05) is 0 Å². The number of amides is 1. The maximum Gasteiger partial charge on any atom is 0.339 e. The van der Waals surface area contributed by atoms with Gasteiger partial charge in [-0.25, -0.2) is 4.79 Å². The van der Waals surface area contributed by atoms with E-state index in [0.29, 0.717) is 12.3 Å². The van der Waals surface area contributed by atoms with Crippen LogP contribution in [0.15, 0.2) is 18.2 Å². The molecule has 0 aliphatic carbocycles. The molecule has 1 aliphatic rings. The molecule has 4 N–H and O–H groups in total. The summed E-state index contributed by atoms with van der Waals surface area (Å²) in [5, 5.41) is 11.7. The molecule has 2 unspecified atom stereocenters. The molecule has 1 saturated heterocycles. The number of carbonyl (C=O) groups excluding carboxylic acids is 1. The minimum absolute atomic E-state index is 0.0302. The number of hydrogen-bond donors (Lipinski definition) is 3. The van der Waals surface area contributed by atoms with E-state index in [0.717, 1.165) is 0 Å². The fourth-order valence-corrected chi connectivity index (χ4v) is 2.14. The molecule has 0 saturated carbocycles. The number of carboxylic acids is 1. The van der Waals surface area contributed by atoms with Crippen LogP contribution in [0.25, 0.3) is 0 Å². The minimum Gasteiger partial charge on any atom is -0.496 e. The van der Waals surface area contributed by atoms with Crippen LogP contribution in [0.1, 0.15) is 17.3 Å². The van der Waals surface area contributed by atoms with Crippen molar-refractivity contribution in [3.05, 3.63) is 23.8 Å². The van der Waals surface area contributed by atoms with Gasteiger partial charge in [0.25, 0.3) is 0 Å². The van der Waals surface area contributed by atoms with E-state index in [2.05, 4.69) is 5.32 Å². The Kier molecular flexibility index (Phi) is 4.15. The Hall–Kier alpha value is -2.12. The van der Waals surface area contributed by atoms with E-state index in [1.54, 1.807) is 6.92 Å². The number of carboxylic acid groups (broad SMARTS) is 1. The molecule has 0 radical (unpaired) electrons. The van der Waals surface area contributed by atoms with Crippen molar-refractivity contribution in [1.82, 2.24) is 0 Å². The first kappa shape index (κ1) is 15.3. The quantitative estimate of drug-likeness (QED) is 0.753. The van der Waals surface area contributed by atoms with Crippen LogP contribution in [-0.2, 0) is 9.53 Å². The van der Waals surface area contributed by atoms with E-state index in [1.165, 1.54) is 25.3 Å². The lowest BCUT2D eigenvalue weighted by molar-refractivity contribution is -0.125. The first-order valence-corrected chi connectivity index (χ1v) is 6.44. The molecule has 1 aliphatic heterocycles. The SMILES string of the molecule is COc1cc(NC(=O)C2(C)COCC2N)ccc1C(=O)O. The molecule has 1 amide bonds. The Morgan fingerprint density at radius 2 is 2.24 bits per heavy atom. The van der Waals surface area contributed by atoms with Gasteiger partial charge in [-0.15, -0.1) is 0 Å². The molecular weight excluding hydrogens is 276 g/mol. The minimum atomic E-state index is -1.09. The van der Waals surface area contributed by atoms with Crippen molar-refractivity contribution in [2.24, 2.45) is 11.1 Å². The highest BCUT2D eigenvalue weighted by atomic mass is 16.5. The summed E-state index contributed by atoms with van der Waals surface area (Å²) < 4.78 is 10.3. The first-order valence-electron chi connectivity index (χ1n) is 6.44. The molecule has 7 nitrogen and oxygen atoms in total. The second-order valence-corrected chi connectivity index (χ2v) is 5.21. The van der Waals surface area contributed by atoms with Crippen molar-refractivity contribution in [2.75, 3.05) is 25.6 Å².